The number of hydrogen-bond donors (Lipinski definition) is 0. The Hall–Kier alpha value is -0.640. The molecule has 0 aromatic carbocycles. The van der Waals surface area contributed by atoms with Gasteiger partial charge in [0.15, 0.2) is 6.29 Å². The first-order valence-corrected chi connectivity index (χ1v) is 13.8. The molecule has 190 valence electrons. The van der Waals surface area contributed by atoms with Gasteiger partial charge in [-0.1, -0.05) is 95.9 Å². The molecule has 0 spiro atoms. The van der Waals surface area contributed by atoms with Gasteiger partial charge in [0.1, 0.15) is 0 Å². The second-order valence-corrected chi connectivity index (χ2v) is 9.46. The number of rotatable bonds is 24. The van der Waals surface area contributed by atoms with Gasteiger partial charge >= 0.3 is 0 Å². The second-order valence-electron chi connectivity index (χ2n) is 9.46. The minimum Gasteiger partial charge on any atom is -0.351 e. The lowest BCUT2D eigenvalue weighted by atomic mass is 10.1. The van der Waals surface area contributed by atoms with Crippen molar-refractivity contribution >= 4 is 0 Å². The van der Waals surface area contributed by atoms with Crippen LogP contribution in [0.5, 0.6) is 0 Å². The molecule has 0 aromatic rings. The molecule has 0 aliphatic rings. The molecule has 0 aromatic heterocycles. The Morgan fingerprint density at radius 2 is 1.03 bits per heavy atom. The molecule has 2 atom stereocenters. The largest absolute Gasteiger partial charge is 0.351 e. The third-order valence-corrected chi connectivity index (χ3v) is 6.12. The van der Waals surface area contributed by atoms with E-state index in [9.17, 15) is 0 Å². The van der Waals surface area contributed by atoms with Gasteiger partial charge in [-0.05, 0) is 66.0 Å². The minimum absolute atomic E-state index is 0.107. The molecule has 0 aliphatic heterocycles. The SMILES string of the molecule is CCCCC/C=C\C/C=C\CCCCCCCCOC(OCCCCCC)C(C)N(C)C. The maximum Gasteiger partial charge on any atom is 0.172 e. The molecule has 2 unspecified atom stereocenters. The lowest BCUT2D eigenvalue weighted by molar-refractivity contribution is -0.172. The van der Waals surface area contributed by atoms with E-state index in [2.05, 4.69) is 64.1 Å². The minimum atomic E-state index is -0.107. The fourth-order valence-electron chi connectivity index (χ4n) is 3.59. The molecule has 0 saturated heterocycles. The summed E-state index contributed by atoms with van der Waals surface area (Å²) < 4.78 is 12.2. The van der Waals surface area contributed by atoms with Gasteiger partial charge in [-0.3, -0.25) is 0 Å². The summed E-state index contributed by atoms with van der Waals surface area (Å²) in [6, 6.07) is 0.283. The van der Waals surface area contributed by atoms with Crippen LogP contribution in [0.1, 0.15) is 124 Å². The average Bonchev–Trinajstić information content (AvgIpc) is 2.79. The van der Waals surface area contributed by atoms with E-state index in [1.54, 1.807) is 0 Å². The summed E-state index contributed by atoms with van der Waals surface area (Å²) in [4.78, 5) is 2.19. The van der Waals surface area contributed by atoms with E-state index in [-0.39, 0.29) is 12.3 Å². The molecule has 0 bridgehead atoms. The van der Waals surface area contributed by atoms with Crippen molar-refractivity contribution in [3.8, 4) is 0 Å². The fourth-order valence-corrected chi connectivity index (χ4v) is 3.59. The Morgan fingerprint density at radius 3 is 1.56 bits per heavy atom. The van der Waals surface area contributed by atoms with Crippen molar-refractivity contribution in [3.63, 3.8) is 0 Å². The summed E-state index contributed by atoms with van der Waals surface area (Å²) in [6.07, 6.45) is 29.5. The van der Waals surface area contributed by atoms with Crippen molar-refractivity contribution in [2.45, 2.75) is 136 Å². The van der Waals surface area contributed by atoms with Crippen molar-refractivity contribution < 1.29 is 9.47 Å². The van der Waals surface area contributed by atoms with E-state index >= 15 is 0 Å². The monoisotopic (exact) mass is 451 g/mol. The van der Waals surface area contributed by atoms with Crippen LogP contribution in [0.4, 0.5) is 0 Å². The zero-order valence-corrected chi connectivity index (χ0v) is 22.5. The van der Waals surface area contributed by atoms with Crippen molar-refractivity contribution in [3.05, 3.63) is 24.3 Å². The molecule has 0 radical (unpaired) electrons. The zero-order chi connectivity index (χ0) is 23.7. The van der Waals surface area contributed by atoms with E-state index < -0.39 is 0 Å². The molecule has 0 saturated carbocycles. The molecule has 0 amide bonds. The number of nitrogens with zero attached hydrogens (tertiary/aromatic N) is 1. The maximum absolute atomic E-state index is 6.11. The molecule has 0 aliphatic carbocycles. The summed E-state index contributed by atoms with van der Waals surface area (Å²) in [6.45, 7) is 8.32. The second kappa shape index (κ2) is 25.0. The molecule has 3 nitrogen and oxygen atoms in total. The van der Waals surface area contributed by atoms with E-state index in [1.165, 1.54) is 83.5 Å². The van der Waals surface area contributed by atoms with E-state index in [1.807, 2.05) is 0 Å². The van der Waals surface area contributed by atoms with Crippen LogP contribution < -0.4 is 0 Å². The van der Waals surface area contributed by atoms with Crippen LogP contribution >= 0.6 is 0 Å². The standard InChI is InChI=1S/C29H57NO2/c1-6-8-10-12-13-14-15-16-17-18-19-20-21-22-23-25-27-32-29(28(3)30(4)5)31-26-24-11-9-7-2/h13-14,16-17,28-29H,6-12,15,18-27H2,1-5H3/b14-13-,17-16-. The number of likely N-dealkylation sites (N-methyl/N-ethyl adjacent to an activating group) is 1. The van der Waals surface area contributed by atoms with Gasteiger partial charge in [0.05, 0.1) is 6.04 Å². The van der Waals surface area contributed by atoms with Gasteiger partial charge in [0, 0.05) is 13.2 Å². The smallest absolute Gasteiger partial charge is 0.172 e. The predicted octanol–water partition coefficient (Wildman–Crippen LogP) is 8.69. The van der Waals surface area contributed by atoms with Gasteiger partial charge < -0.3 is 14.4 Å². The van der Waals surface area contributed by atoms with Crippen LogP contribution in [0, 0.1) is 0 Å². The number of allylic oxidation sites excluding steroid dienone is 4. The van der Waals surface area contributed by atoms with E-state index in [0.29, 0.717) is 0 Å². The lowest BCUT2D eigenvalue weighted by Crippen LogP contribution is -2.40. The highest BCUT2D eigenvalue weighted by atomic mass is 16.7. The Kier molecular flexibility index (Phi) is 24.5. The summed E-state index contributed by atoms with van der Waals surface area (Å²) in [5, 5.41) is 0. The summed E-state index contributed by atoms with van der Waals surface area (Å²) in [5.41, 5.74) is 0. The van der Waals surface area contributed by atoms with Gasteiger partial charge in [-0.25, -0.2) is 0 Å². The molecule has 0 rings (SSSR count). The van der Waals surface area contributed by atoms with E-state index in [0.717, 1.165) is 32.5 Å². The van der Waals surface area contributed by atoms with Crippen molar-refractivity contribution in [1.29, 1.82) is 0 Å². The van der Waals surface area contributed by atoms with Gasteiger partial charge in [-0.15, -0.1) is 0 Å². The number of ether oxygens (including phenoxy) is 2. The van der Waals surface area contributed by atoms with Crippen LogP contribution in [0.2, 0.25) is 0 Å². The third-order valence-electron chi connectivity index (χ3n) is 6.12. The first-order valence-electron chi connectivity index (χ1n) is 13.8. The van der Waals surface area contributed by atoms with Crippen LogP contribution in [-0.2, 0) is 9.47 Å². The predicted molar refractivity (Wildman–Crippen MR) is 142 cm³/mol. The number of unbranched alkanes of at least 4 members (excludes halogenated alkanes) is 12. The Labute approximate surface area is 202 Å². The summed E-state index contributed by atoms with van der Waals surface area (Å²) in [5.74, 6) is 0. The first kappa shape index (κ1) is 31.4. The van der Waals surface area contributed by atoms with Crippen LogP contribution in [0.3, 0.4) is 0 Å². The Morgan fingerprint density at radius 1 is 0.594 bits per heavy atom. The first-order chi connectivity index (χ1) is 15.6. The molecular formula is C29H57NO2. The zero-order valence-electron chi connectivity index (χ0n) is 22.5. The van der Waals surface area contributed by atoms with Gasteiger partial charge in [0.25, 0.3) is 0 Å². The van der Waals surface area contributed by atoms with Crippen LogP contribution in [0.15, 0.2) is 24.3 Å². The molecule has 0 fully saturated rings. The molecular weight excluding hydrogens is 394 g/mol. The topological polar surface area (TPSA) is 21.7 Å². The average molecular weight is 452 g/mol. The fraction of sp³-hybridized carbons (Fsp3) is 0.862. The normalized spacial score (nSPS) is 14.2. The molecule has 0 N–H and O–H groups in total. The van der Waals surface area contributed by atoms with Gasteiger partial charge in [-0.2, -0.15) is 0 Å². The van der Waals surface area contributed by atoms with Crippen LogP contribution in [0.25, 0.3) is 0 Å². The lowest BCUT2D eigenvalue weighted by Gasteiger charge is -2.29. The molecule has 32 heavy (non-hydrogen) atoms. The Balaban J connectivity index is 3.64. The third kappa shape index (κ3) is 21.2. The van der Waals surface area contributed by atoms with Crippen molar-refractivity contribution in [1.82, 2.24) is 4.90 Å². The van der Waals surface area contributed by atoms with Crippen molar-refractivity contribution in [2.75, 3.05) is 27.3 Å². The highest BCUT2D eigenvalue weighted by Gasteiger charge is 2.20. The van der Waals surface area contributed by atoms with E-state index in [4.69, 9.17) is 9.47 Å². The molecule has 3 heteroatoms. The number of hydrogen-bond acceptors (Lipinski definition) is 3. The van der Waals surface area contributed by atoms with Gasteiger partial charge in [0.2, 0.25) is 0 Å². The highest BCUT2D eigenvalue weighted by Crippen LogP contribution is 2.12. The summed E-state index contributed by atoms with van der Waals surface area (Å²) >= 11 is 0. The maximum atomic E-state index is 6.11. The summed E-state index contributed by atoms with van der Waals surface area (Å²) in [7, 11) is 4.20. The van der Waals surface area contributed by atoms with Crippen molar-refractivity contribution in [2.24, 2.45) is 0 Å². The molecule has 0 heterocycles. The quantitative estimate of drug-likeness (QED) is 0.0832. The Bertz CT molecular complexity index is 419. The highest BCUT2D eigenvalue weighted by molar-refractivity contribution is 4.92. The van der Waals surface area contributed by atoms with Crippen LogP contribution in [-0.4, -0.2) is 44.5 Å².